The number of carbonyl (C=O) groups excluding carboxylic acids is 2. The molecular weight excluding hydrogens is 336 g/mol. The Morgan fingerprint density at radius 3 is 2.40 bits per heavy atom. The van der Waals surface area contributed by atoms with Crippen LogP contribution in [0.5, 0.6) is 0 Å². The van der Waals surface area contributed by atoms with Crippen molar-refractivity contribution in [1.29, 1.82) is 0 Å². The molecule has 132 valence electrons. The molecule has 2 aromatic rings. The molecule has 0 aliphatic heterocycles. The Hall–Kier alpha value is -2.54. The highest BCUT2D eigenvalue weighted by Gasteiger charge is 2.13. The van der Waals surface area contributed by atoms with Crippen LogP contribution in [0.2, 0.25) is 0 Å². The molecule has 0 aliphatic rings. The summed E-state index contributed by atoms with van der Waals surface area (Å²) >= 11 is 1.42. The molecule has 6 nitrogen and oxygen atoms in total. The van der Waals surface area contributed by atoms with E-state index in [2.05, 4.69) is 34.7 Å². The van der Waals surface area contributed by atoms with Gasteiger partial charge in [-0.25, -0.2) is 0 Å². The minimum atomic E-state index is -0.252. The predicted molar refractivity (Wildman–Crippen MR) is 102 cm³/mol. The van der Waals surface area contributed by atoms with Gasteiger partial charge in [0.1, 0.15) is 5.01 Å². The monoisotopic (exact) mass is 358 g/mol. The summed E-state index contributed by atoms with van der Waals surface area (Å²) in [5, 5.41) is 15.1. The van der Waals surface area contributed by atoms with Gasteiger partial charge in [-0.1, -0.05) is 37.3 Å². The highest BCUT2D eigenvalue weighted by atomic mass is 32.1. The van der Waals surface area contributed by atoms with Crippen LogP contribution in [0.1, 0.15) is 50.1 Å². The van der Waals surface area contributed by atoms with Crippen LogP contribution in [0.4, 0.5) is 10.8 Å². The Morgan fingerprint density at radius 2 is 1.80 bits per heavy atom. The van der Waals surface area contributed by atoms with Gasteiger partial charge in [0, 0.05) is 24.6 Å². The van der Waals surface area contributed by atoms with Crippen molar-refractivity contribution in [2.45, 2.75) is 39.5 Å². The van der Waals surface area contributed by atoms with Gasteiger partial charge in [-0.3, -0.25) is 14.9 Å². The van der Waals surface area contributed by atoms with Crippen LogP contribution in [0, 0.1) is 0 Å². The van der Waals surface area contributed by atoms with Crippen molar-refractivity contribution >= 4 is 40.0 Å². The number of nitrogens with zero attached hydrogens (tertiary/aromatic N) is 2. The summed E-state index contributed by atoms with van der Waals surface area (Å²) in [6.45, 7) is 5.70. The maximum Gasteiger partial charge on any atom is 0.250 e. The third-order valence-corrected chi connectivity index (χ3v) is 4.66. The molecule has 7 heteroatoms. The summed E-state index contributed by atoms with van der Waals surface area (Å²) in [6, 6.07) is 7.22. The first-order chi connectivity index (χ1) is 12.0. The SMILES string of the molecule is CCC(CC)c1nnc(NC(=O)/C=C/c2ccc(NC(C)=O)cc2)s1. The molecule has 2 amide bonds. The summed E-state index contributed by atoms with van der Waals surface area (Å²) in [5.41, 5.74) is 1.58. The second-order valence-electron chi connectivity index (χ2n) is 5.58. The number of anilines is 2. The smallest absolute Gasteiger partial charge is 0.250 e. The van der Waals surface area contributed by atoms with E-state index in [1.54, 1.807) is 18.2 Å². The van der Waals surface area contributed by atoms with Gasteiger partial charge in [0.25, 0.3) is 0 Å². The van der Waals surface area contributed by atoms with Crippen LogP contribution in [-0.4, -0.2) is 22.0 Å². The number of rotatable bonds is 7. The Labute approximate surface area is 151 Å². The standard InChI is InChI=1S/C18H22N4O2S/c1-4-14(5-2)17-21-22-18(25-17)20-16(24)11-8-13-6-9-15(10-7-13)19-12(3)23/h6-11,14H,4-5H2,1-3H3,(H,19,23)(H,20,22,24)/b11-8+. The second kappa shape index (κ2) is 9.08. The van der Waals surface area contributed by atoms with E-state index >= 15 is 0 Å². The topological polar surface area (TPSA) is 84.0 Å². The van der Waals surface area contributed by atoms with E-state index in [0.29, 0.717) is 11.0 Å². The van der Waals surface area contributed by atoms with E-state index in [9.17, 15) is 9.59 Å². The molecule has 0 spiro atoms. The lowest BCUT2D eigenvalue weighted by Crippen LogP contribution is -2.07. The number of aromatic nitrogens is 2. The third-order valence-electron chi connectivity index (χ3n) is 3.66. The second-order valence-corrected chi connectivity index (χ2v) is 6.59. The van der Waals surface area contributed by atoms with Crippen LogP contribution in [-0.2, 0) is 9.59 Å². The fourth-order valence-electron chi connectivity index (χ4n) is 2.29. The van der Waals surface area contributed by atoms with Crippen molar-refractivity contribution in [2.24, 2.45) is 0 Å². The summed E-state index contributed by atoms with van der Waals surface area (Å²) in [5.74, 6) is 0.0199. The van der Waals surface area contributed by atoms with Crippen molar-refractivity contribution in [3.8, 4) is 0 Å². The first-order valence-corrected chi connectivity index (χ1v) is 9.03. The molecule has 0 saturated carbocycles. The largest absolute Gasteiger partial charge is 0.326 e. The lowest BCUT2D eigenvalue weighted by Gasteiger charge is -2.05. The molecule has 0 radical (unpaired) electrons. The first-order valence-electron chi connectivity index (χ1n) is 8.22. The quantitative estimate of drug-likeness (QED) is 0.731. The number of hydrogen-bond donors (Lipinski definition) is 2. The zero-order valence-electron chi connectivity index (χ0n) is 14.6. The average Bonchev–Trinajstić information content (AvgIpc) is 3.03. The fraction of sp³-hybridized carbons (Fsp3) is 0.333. The van der Waals surface area contributed by atoms with Crippen molar-refractivity contribution < 1.29 is 9.59 Å². The van der Waals surface area contributed by atoms with Gasteiger partial charge in [-0.2, -0.15) is 0 Å². The van der Waals surface area contributed by atoms with Crippen molar-refractivity contribution in [2.75, 3.05) is 10.6 Å². The van der Waals surface area contributed by atoms with Crippen molar-refractivity contribution in [3.63, 3.8) is 0 Å². The van der Waals surface area contributed by atoms with Gasteiger partial charge in [-0.05, 0) is 36.6 Å². The minimum Gasteiger partial charge on any atom is -0.326 e. The molecule has 1 aromatic carbocycles. The summed E-state index contributed by atoms with van der Waals surface area (Å²) < 4.78 is 0. The molecule has 2 rings (SSSR count). The van der Waals surface area contributed by atoms with Crippen LogP contribution in [0.15, 0.2) is 30.3 Å². The van der Waals surface area contributed by atoms with E-state index in [1.165, 1.54) is 24.3 Å². The predicted octanol–water partition coefficient (Wildman–Crippen LogP) is 4.05. The highest BCUT2D eigenvalue weighted by molar-refractivity contribution is 7.15. The first kappa shape index (κ1) is 18.8. The van der Waals surface area contributed by atoms with E-state index in [1.807, 2.05) is 12.1 Å². The van der Waals surface area contributed by atoms with E-state index in [4.69, 9.17) is 0 Å². The number of hydrogen-bond acceptors (Lipinski definition) is 5. The molecule has 2 N–H and O–H groups in total. The van der Waals surface area contributed by atoms with E-state index in [-0.39, 0.29) is 11.8 Å². The van der Waals surface area contributed by atoms with Gasteiger partial charge in [-0.15, -0.1) is 10.2 Å². The lowest BCUT2D eigenvalue weighted by atomic mass is 10.1. The zero-order valence-corrected chi connectivity index (χ0v) is 15.4. The van der Waals surface area contributed by atoms with Gasteiger partial charge in [0.15, 0.2) is 0 Å². The van der Waals surface area contributed by atoms with Crippen LogP contribution in [0.25, 0.3) is 6.08 Å². The number of carbonyl (C=O) groups is 2. The Kier molecular flexibility index (Phi) is 6.82. The molecule has 25 heavy (non-hydrogen) atoms. The maximum absolute atomic E-state index is 12.0. The Bertz CT molecular complexity index is 749. The molecule has 0 bridgehead atoms. The van der Waals surface area contributed by atoms with Crippen LogP contribution in [0.3, 0.4) is 0 Å². The van der Waals surface area contributed by atoms with Gasteiger partial charge < -0.3 is 5.32 Å². The molecule has 0 fully saturated rings. The molecule has 0 atom stereocenters. The molecule has 1 aromatic heterocycles. The number of nitrogens with one attached hydrogen (secondary N) is 2. The average molecular weight is 358 g/mol. The number of amides is 2. The van der Waals surface area contributed by atoms with Crippen molar-refractivity contribution in [1.82, 2.24) is 10.2 Å². The van der Waals surface area contributed by atoms with E-state index in [0.717, 1.165) is 29.1 Å². The maximum atomic E-state index is 12.0. The highest BCUT2D eigenvalue weighted by Crippen LogP contribution is 2.28. The van der Waals surface area contributed by atoms with Gasteiger partial charge >= 0.3 is 0 Å². The molecule has 0 aliphatic carbocycles. The van der Waals surface area contributed by atoms with Crippen LogP contribution < -0.4 is 10.6 Å². The lowest BCUT2D eigenvalue weighted by molar-refractivity contribution is -0.114. The third kappa shape index (κ3) is 5.79. The zero-order chi connectivity index (χ0) is 18.2. The molecule has 0 saturated heterocycles. The van der Waals surface area contributed by atoms with Crippen molar-refractivity contribution in [3.05, 3.63) is 40.9 Å². The summed E-state index contributed by atoms with van der Waals surface area (Å²) in [4.78, 5) is 23.0. The molecular formula is C18H22N4O2S. The normalized spacial score (nSPS) is 11.0. The Balaban J connectivity index is 1.93. The summed E-state index contributed by atoms with van der Waals surface area (Å²) in [6.07, 6.45) is 5.17. The fourth-order valence-corrected chi connectivity index (χ4v) is 3.30. The molecule has 1 heterocycles. The minimum absolute atomic E-state index is 0.118. The van der Waals surface area contributed by atoms with Crippen LogP contribution >= 0.6 is 11.3 Å². The molecule has 0 unspecified atom stereocenters. The summed E-state index contributed by atoms with van der Waals surface area (Å²) in [7, 11) is 0. The van der Waals surface area contributed by atoms with E-state index < -0.39 is 0 Å². The van der Waals surface area contributed by atoms with Gasteiger partial charge in [0.2, 0.25) is 16.9 Å². The van der Waals surface area contributed by atoms with Gasteiger partial charge in [0.05, 0.1) is 0 Å². The Morgan fingerprint density at radius 1 is 1.12 bits per heavy atom. The number of benzene rings is 1.